The minimum Gasteiger partial charge on any atom is -0.285 e. The lowest BCUT2D eigenvalue weighted by Gasteiger charge is -2.35. The van der Waals surface area contributed by atoms with Gasteiger partial charge in [0.2, 0.25) is 0 Å². The monoisotopic (exact) mass is 288 g/mol. The molecule has 0 saturated carbocycles. The molecule has 1 fully saturated rings. The molecular weight excluding hydrogens is 264 g/mol. The van der Waals surface area contributed by atoms with E-state index in [1.54, 1.807) is 11.8 Å². The SMILES string of the molecule is CSc1ccc(CC(C)(C#N)N2CCCCCC2)cc1. The van der Waals surface area contributed by atoms with Crippen LogP contribution in [0.25, 0.3) is 0 Å². The molecule has 1 aromatic carbocycles. The number of nitriles is 1. The Hall–Kier alpha value is -0.980. The Labute approximate surface area is 127 Å². The highest BCUT2D eigenvalue weighted by Gasteiger charge is 2.32. The topological polar surface area (TPSA) is 27.0 Å². The van der Waals surface area contributed by atoms with Crippen LogP contribution in [0, 0.1) is 11.3 Å². The summed E-state index contributed by atoms with van der Waals surface area (Å²) >= 11 is 1.76. The molecule has 1 saturated heterocycles. The number of nitrogens with zero attached hydrogens (tertiary/aromatic N) is 2. The van der Waals surface area contributed by atoms with E-state index in [0.717, 1.165) is 19.5 Å². The molecule has 1 heterocycles. The molecule has 2 nitrogen and oxygen atoms in total. The van der Waals surface area contributed by atoms with E-state index >= 15 is 0 Å². The van der Waals surface area contributed by atoms with Crippen LogP contribution in [0.3, 0.4) is 0 Å². The molecule has 1 atom stereocenters. The quantitative estimate of drug-likeness (QED) is 0.780. The van der Waals surface area contributed by atoms with Crippen LogP contribution in [-0.4, -0.2) is 29.8 Å². The van der Waals surface area contributed by atoms with Gasteiger partial charge >= 0.3 is 0 Å². The summed E-state index contributed by atoms with van der Waals surface area (Å²) in [7, 11) is 0. The molecule has 0 bridgehead atoms. The van der Waals surface area contributed by atoms with Gasteiger partial charge in [0.1, 0.15) is 5.54 Å². The summed E-state index contributed by atoms with van der Waals surface area (Å²) < 4.78 is 0. The van der Waals surface area contributed by atoms with Gasteiger partial charge in [0.15, 0.2) is 0 Å². The van der Waals surface area contributed by atoms with Crippen LogP contribution in [0.4, 0.5) is 0 Å². The number of thioether (sulfide) groups is 1. The average Bonchev–Trinajstić information content (AvgIpc) is 2.77. The Balaban J connectivity index is 2.11. The molecule has 0 radical (unpaired) electrons. The highest BCUT2D eigenvalue weighted by atomic mass is 32.2. The zero-order valence-corrected chi connectivity index (χ0v) is 13.4. The molecule has 0 amide bonds. The molecule has 0 aromatic heterocycles. The van der Waals surface area contributed by atoms with Crippen LogP contribution in [0.15, 0.2) is 29.2 Å². The van der Waals surface area contributed by atoms with E-state index in [9.17, 15) is 5.26 Å². The van der Waals surface area contributed by atoms with Gasteiger partial charge in [-0.25, -0.2) is 0 Å². The number of rotatable bonds is 4. The Morgan fingerprint density at radius 2 is 1.75 bits per heavy atom. The fourth-order valence-corrected chi connectivity index (χ4v) is 3.34. The number of benzene rings is 1. The fourth-order valence-electron chi connectivity index (χ4n) is 2.93. The van der Waals surface area contributed by atoms with Gasteiger partial charge in [0.25, 0.3) is 0 Å². The van der Waals surface area contributed by atoms with Crippen LogP contribution in [0.5, 0.6) is 0 Å². The molecular formula is C17H24N2S. The lowest BCUT2D eigenvalue weighted by Crippen LogP contribution is -2.47. The molecule has 1 aliphatic heterocycles. The predicted octanol–water partition coefficient (Wildman–Crippen LogP) is 4.11. The third-order valence-electron chi connectivity index (χ3n) is 4.25. The van der Waals surface area contributed by atoms with Crippen molar-refractivity contribution in [3.05, 3.63) is 29.8 Å². The Morgan fingerprint density at radius 1 is 1.15 bits per heavy atom. The highest BCUT2D eigenvalue weighted by molar-refractivity contribution is 7.98. The maximum absolute atomic E-state index is 9.70. The first-order valence-corrected chi connectivity index (χ1v) is 8.70. The summed E-state index contributed by atoms with van der Waals surface area (Å²) in [5.74, 6) is 0. The van der Waals surface area contributed by atoms with Crippen molar-refractivity contribution < 1.29 is 0 Å². The Morgan fingerprint density at radius 3 is 2.25 bits per heavy atom. The van der Waals surface area contributed by atoms with E-state index in [1.807, 2.05) is 0 Å². The van der Waals surface area contributed by atoms with E-state index in [4.69, 9.17) is 0 Å². The minimum atomic E-state index is -0.370. The van der Waals surface area contributed by atoms with Crippen molar-refractivity contribution in [2.45, 2.75) is 49.5 Å². The van der Waals surface area contributed by atoms with Crippen LogP contribution in [0.2, 0.25) is 0 Å². The van der Waals surface area contributed by atoms with Gasteiger partial charge in [0, 0.05) is 11.3 Å². The number of hydrogen-bond donors (Lipinski definition) is 0. The summed E-state index contributed by atoms with van der Waals surface area (Å²) in [6.07, 6.45) is 7.97. The third-order valence-corrected chi connectivity index (χ3v) is 5.00. The van der Waals surface area contributed by atoms with Gasteiger partial charge in [-0.15, -0.1) is 11.8 Å². The normalized spacial score (nSPS) is 19.9. The Kier molecular flexibility index (Phi) is 5.51. The van der Waals surface area contributed by atoms with Crippen LogP contribution >= 0.6 is 11.8 Å². The highest BCUT2D eigenvalue weighted by Crippen LogP contribution is 2.25. The van der Waals surface area contributed by atoms with Crippen molar-refractivity contribution in [3.63, 3.8) is 0 Å². The van der Waals surface area contributed by atoms with E-state index in [0.29, 0.717) is 0 Å². The van der Waals surface area contributed by atoms with Gasteiger partial charge in [-0.3, -0.25) is 4.90 Å². The maximum Gasteiger partial charge on any atom is 0.110 e. The average molecular weight is 288 g/mol. The first kappa shape index (κ1) is 15.4. The van der Waals surface area contributed by atoms with E-state index in [1.165, 1.54) is 36.1 Å². The smallest absolute Gasteiger partial charge is 0.110 e. The summed E-state index contributed by atoms with van der Waals surface area (Å²) in [5, 5.41) is 9.70. The van der Waals surface area contributed by atoms with Gasteiger partial charge in [-0.05, 0) is 56.8 Å². The molecule has 0 N–H and O–H groups in total. The molecule has 3 heteroatoms. The standard InChI is InChI=1S/C17H24N2S/c1-17(14-18,19-11-5-3-4-6-12-19)13-15-7-9-16(20-2)10-8-15/h7-10H,3-6,11-13H2,1-2H3. The van der Waals surface area contributed by atoms with Crippen molar-refractivity contribution in [3.8, 4) is 6.07 Å². The van der Waals surface area contributed by atoms with E-state index in [-0.39, 0.29) is 5.54 Å². The predicted molar refractivity (Wildman–Crippen MR) is 86.0 cm³/mol. The van der Waals surface area contributed by atoms with Gasteiger partial charge in [-0.1, -0.05) is 25.0 Å². The summed E-state index contributed by atoms with van der Waals surface area (Å²) in [5.41, 5.74) is 0.890. The first-order chi connectivity index (χ1) is 9.68. The molecule has 20 heavy (non-hydrogen) atoms. The largest absolute Gasteiger partial charge is 0.285 e. The second-order valence-electron chi connectivity index (χ2n) is 5.81. The number of likely N-dealkylation sites (tertiary alicyclic amines) is 1. The van der Waals surface area contributed by atoms with Crippen LogP contribution in [0.1, 0.15) is 38.2 Å². The maximum atomic E-state index is 9.70. The second-order valence-corrected chi connectivity index (χ2v) is 6.69. The lowest BCUT2D eigenvalue weighted by molar-refractivity contribution is 0.157. The summed E-state index contributed by atoms with van der Waals surface area (Å²) in [6.45, 7) is 4.22. The lowest BCUT2D eigenvalue weighted by atomic mass is 9.92. The molecule has 1 aliphatic rings. The molecule has 1 aromatic rings. The zero-order chi connectivity index (χ0) is 14.4. The molecule has 1 unspecified atom stereocenters. The van der Waals surface area contributed by atoms with E-state index in [2.05, 4.69) is 48.4 Å². The van der Waals surface area contributed by atoms with Crippen molar-refractivity contribution in [1.29, 1.82) is 5.26 Å². The minimum absolute atomic E-state index is 0.370. The van der Waals surface area contributed by atoms with Crippen molar-refractivity contribution >= 4 is 11.8 Å². The molecule has 108 valence electrons. The van der Waals surface area contributed by atoms with Gasteiger partial charge in [-0.2, -0.15) is 5.26 Å². The van der Waals surface area contributed by atoms with Gasteiger partial charge in [0.05, 0.1) is 6.07 Å². The van der Waals surface area contributed by atoms with Crippen LogP contribution in [-0.2, 0) is 6.42 Å². The molecule has 2 rings (SSSR count). The van der Waals surface area contributed by atoms with Gasteiger partial charge < -0.3 is 0 Å². The van der Waals surface area contributed by atoms with Crippen molar-refractivity contribution in [1.82, 2.24) is 4.90 Å². The first-order valence-electron chi connectivity index (χ1n) is 7.47. The zero-order valence-electron chi connectivity index (χ0n) is 12.6. The molecule has 0 spiro atoms. The third kappa shape index (κ3) is 3.77. The summed E-state index contributed by atoms with van der Waals surface area (Å²) in [6, 6.07) is 11.2. The summed E-state index contributed by atoms with van der Waals surface area (Å²) in [4.78, 5) is 3.67. The molecule has 0 aliphatic carbocycles. The van der Waals surface area contributed by atoms with Crippen molar-refractivity contribution in [2.24, 2.45) is 0 Å². The Bertz CT molecular complexity index is 455. The van der Waals surface area contributed by atoms with Crippen LogP contribution < -0.4 is 0 Å². The fraction of sp³-hybridized carbons (Fsp3) is 0.588. The van der Waals surface area contributed by atoms with Crippen molar-refractivity contribution in [2.75, 3.05) is 19.3 Å². The number of hydrogen-bond acceptors (Lipinski definition) is 3. The second kappa shape index (κ2) is 7.15. The van der Waals surface area contributed by atoms with E-state index < -0.39 is 0 Å².